The first kappa shape index (κ1) is 18.4. The molecule has 6 nitrogen and oxygen atoms in total. The van der Waals surface area contributed by atoms with Crippen molar-refractivity contribution in [2.75, 3.05) is 11.1 Å². The number of anilines is 2. The molecule has 2 aromatic heterocycles. The number of carbonyl (C=O) groups excluding carboxylic acids is 1. The van der Waals surface area contributed by atoms with Crippen molar-refractivity contribution in [3.05, 3.63) is 79.4 Å². The summed E-state index contributed by atoms with van der Waals surface area (Å²) >= 11 is 0. The van der Waals surface area contributed by atoms with Crippen molar-refractivity contribution in [1.82, 2.24) is 9.55 Å². The van der Waals surface area contributed by atoms with Gasteiger partial charge in [-0.1, -0.05) is 18.2 Å². The summed E-state index contributed by atoms with van der Waals surface area (Å²) in [5, 5.41) is 2.87. The fourth-order valence-electron chi connectivity index (χ4n) is 3.23. The van der Waals surface area contributed by atoms with E-state index in [-0.39, 0.29) is 5.91 Å². The first-order valence-corrected chi connectivity index (χ1v) is 9.28. The number of nitrogens with one attached hydrogen (secondary N) is 2. The van der Waals surface area contributed by atoms with Gasteiger partial charge in [0.2, 0.25) is 5.91 Å². The largest absolute Gasteiger partial charge is 0.473 e. The standard InChI is InChI=1S/C23H22N4O2/c1-16(28)26-23-5-3-2-4-20(23)18-9-11-27(14-18)15-29-19-6-7-22(24)21(12-19)17-8-10-25-13-17/h2-14,25H,15,24H2,1H3,(H,26,28). The molecule has 0 fully saturated rings. The predicted octanol–water partition coefficient (Wildman–Crippen LogP) is 4.73. The fourth-order valence-corrected chi connectivity index (χ4v) is 3.23. The number of carbonyl (C=O) groups is 1. The molecule has 146 valence electrons. The van der Waals surface area contributed by atoms with Crippen molar-refractivity contribution in [2.24, 2.45) is 0 Å². The predicted molar refractivity (Wildman–Crippen MR) is 115 cm³/mol. The van der Waals surface area contributed by atoms with E-state index in [0.717, 1.165) is 33.7 Å². The van der Waals surface area contributed by atoms with Crippen molar-refractivity contribution in [2.45, 2.75) is 13.7 Å². The van der Waals surface area contributed by atoms with Crippen LogP contribution in [0.25, 0.3) is 22.3 Å². The van der Waals surface area contributed by atoms with Gasteiger partial charge in [-0.3, -0.25) is 4.79 Å². The molecule has 4 N–H and O–H groups in total. The summed E-state index contributed by atoms with van der Waals surface area (Å²) in [5.41, 5.74) is 11.5. The van der Waals surface area contributed by atoms with Crippen LogP contribution >= 0.6 is 0 Å². The molecule has 0 radical (unpaired) electrons. The molecule has 4 rings (SSSR count). The molecule has 0 aliphatic carbocycles. The third-order valence-electron chi connectivity index (χ3n) is 4.61. The molecule has 2 aromatic carbocycles. The Morgan fingerprint density at radius 2 is 1.97 bits per heavy atom. The van der Waals surface area contributed by atoms with Gasteiger partial charge in [-0.15, -0.1) is 0 Å². The van der Waals surface area contributed by atoms with Crippen LogP contribution in [0, 0.1) is 0 Å². The number of hydrogen-bond donors (Lipinski definition) is 3. The average molecular weight is 386 g/mol. The van der Waals surface area contributed by atoms with Gasteiger partial charge in [-0.25, -0.2) is 0 Å². The molecule has 1 amide bonds. The smallest absolute Gasteiger partial charge is 0.221 e. The van der Waals surface area contributed by atoms with Crippen LogP contribution < -0.4 is 15.8 Å². The maximum Gasteiger partial charge on any atom is 0.221 e. The highest BCUT2D eigenvalue weighted by Gasteiger charge is 2.09. The number of H-pyrrole nitrogens is 1. The topological polar surface area (TPSA) is 85.1 Å². The van der Waals surface area contributed by atoms with Gasteiger partial charge in [0.25, 0.3) is 0 Å². The minimum atomic E-state index is -0.0956. The number of nitrogens with zero attached hydrogens (tertiary/aromatic N) is 1. The van der Waals surface area contributed by atoms with Gasteiger partial charge in [-0.2, -0.15) is 0 Å². The van der Waals surface area contributed by atoms with Crippen LogP contribution in [-0.2, 0) is 11.5 Å². The van der Waals surface area contributed by atoms with Gasteiger partial charge in [0, 0.05) is 65.3 Å². The number of hydrogen-bond acceptors (Lipinski definition) is 3. The van der Waals surface area contributed by atoms with E-state index in [1.54, 1.807) is 0 Å². The molecule has 0 unspecified atom stereocenters. The number of nitrogens with two attached hydrogens (primary N) is 1. The number of nitrogen functional groups attached to an aromatic ring is 1. The third kappa shape index (κ3) is 4.16. The third-order valence-corrected chi connectivity index (χ3v) is 4.61. The summed E-state index contributed by atoms with van der Waals surface area (Å²) in [4.78, 5) is 14.5. The number of ether oxygens (including phenoxy) is 1. The van der Waals surface area contributed by atoms with Crippen molar-refractivity contribution in [3.63, 3.8) is 0 Å². The van der Waals surface area contributed by atoms with E-state index in [4.69, 9.17) is 10.5 Å². The molecule has 0 aliphatic rings. The maximum absolute atomic E-state index is 11.5. The molecule has 4 aromatic rings. The summed E-state index contributed by atoms with van der Waals surface area (Å²) in [5.74, 6) is 0.645. The van der Waals surface area contributed by atoms with Crippen LogP contribution in [0.3, 0.4) is 0 Å². The van der Waals surface area contributed by atoms with Crippen LogP contribution in [0.1, 0.15) is 6.92 Å². The lowest BCUT2D eigenvalue weighted by atomic mass is 10.1. The molecule has 0 atom stereocenters. The van der Waals surface area contributed by atoms with Crippen LogP contribution in [0.2, 0.25) is 0 Å². The number of para-hydroxylation sites is 1. The van der Waals surface area contributed by atoms with Gasteiger partial charge in [0.05, 0.1) is 0 Å². The Balaban J connectivity index is 1.50. The number of benzene rings is 2. The first-order chi connectivity index (χ1) is 14.1. The second-order valence-electron chi connectivity index (χ2n) is 6.76. The molecular formula is C23H22N4O2. The molecule has 29 heavy (non-hydrogen) atoms. The van der Waals surface area contributed by atoms with Gasteiger partial charge in [0.15, 0.2) is 6.73 Å². The zero-order valence-electron chi connectivity index (χ0n) is 16.1. The highest BCUT2D eigenvalue weighted by molar-refractivity contribution is 5.94. The SMILES string of the molecule is CC(=O)Nc1ccccc1-c1ccn(COc2ccc(N)c(-c3cc[nH]c3)c2)c1. The van der Waals surface area contributed by atoms with E-state index in [0.29, 0.717) is 12.4 Å². The Labute approximate surface area is 168 Å². The molecular weight excluding hydrogens is 364 g/mol. The number of rotatable bonds is 6. The van der Waals surface area contributed by atoms with Crippen LogP contribution in [0.5, 0.6) is 5.75 Å². The lowest BCUT2D eigenvalue weighted by Crippen LogP contribution is -2.06. The monoisotopic (exact) mass is 386 g/mol. The summed E-state index contributed by atoms with van der Waals surface area (Å²) in [6.45, 7) is 1.86. The van der Waals surface area contributed by atoms with E-state index in [2.05, 4.69) is 10.3 Å². The van der Waals surface area contributed by atoms with Crippen LogP contribution in [0.15, 0.2) is 79.4 Å². The van der Waals surface area contributed by atoms with Crippen molar-refractivity contribution in [1.29, 1.82) is 0 Å². The van der Waals surface area contributed by atoms with Crippen molar-refractivity contribution in [3.8, 4) is 28.0 Å². The average Bonchev–Trinajstić information content (AvgIpc) is 3.39. The summed E-state index contributed by atoms with van der Waals surface area (Å²) in [6, 6.07) is 17.3. The van der Waals surface area contributed by atoms with E-state index in [9.17, 15) is 4.79 Å². The van der Waals surface area contributed by atoms with Gasteiger partial charge >= 0.3 is 0 Å². The second kappa shape index (κ2) is 7.98. The van der Waals surface area contributed by atoms with Crippen LogP contribution in [0.4, 0.5) is 11.4 Å². The molecule has 0 aliphatic heterocycles. The number of aromatic nitrogens is 2. The van der Waals surface area contributed by atoms with E-state index < -0.39 is 0 Å². The highest BCUT2D eigenvalue weighted by Crippen LogP contribution is 2.30. The fraction of sp³-hybridized carbons (Fsp3) is 0.0870. The van der Waals surface area contributed by atoms with Gasteiger partial charge < -0.3 is 25.3 Å². The van der Waals surface area contributed by atoms with Gasteiger partial charge in [-0.05, 0) is 36.4 Å². The minimum absolute atomic E-state index is 0.0956. The Morgan fingerprint density at radius 1 is 1.10 bits per heavy atom. The number of amides is 1. The van der Waals surface area contributed by atoms with E-state index >= 15 is 0 Å². The molecule has 0 saturated carbocycles. The summed E-state index contributed by atoms with van der Waals surface area (Å²) in [7, 11) is 0. The molecule has 0 saturated heterocycles. The summed E-state index contributed by atoms with van der Waals surface area (Å²) < 4.78 is 7.91. The van der Waals surface area contributed by atoms with Crippen LogP contribution in [-0.4, -0.2) is 15.5 Å². The molecule has 0 bridgehead atoms. The Bertz CT molecular complexity index is 1130. The quantitative estimate of drug-likeness (QED) is 0.419. The van der Waals surface area contributed by atoms with E-state index in [1.807, 2.05) is 84.0 Å². The second-order valence-corrected chi connectivity index (χ2v) is 6.76. The summed E-state index contributed by atoms with van der Waals surface area (Å²) in [6.07, 6.45) is 7.71. The Hall–Kier alpha value is -3.93. The Kier molecular flexibility index (Phi) is 5.07. The minimum Gasteiger partial charge on any atom is -0.473 e. The molecule has 2 heterocycles. The van der Waals surface area contributed by atoms with Crippen molar-refractivity contribution < 1.29 is 9.53 Å². The zero-order valence-corrected chi connectivity index (χ0v) is 16.1. The Morgan fingerprint density at radius 3 is 2.76 bits per heavy atom. The lowest BCUT2D eigenvalue weighted by molar-refractivity contribution is -0.114. The zero-order chi connectivity index (χ0) is 20.2. The van der Waals surface area contributed by atoms with Gasteiger partial charge in [0.1, 0.15) is 5.75 Å². The van der Waals surface area contributed by atoms with Crippen molar-refractivity contribution >= 4 is 17.3 Å². The highest BCUT2D eigenvalue weighted by atomic mass is 16.5. The lowest BCUT2D eigenvalue weighted by Gasteiger charge is -2.11. The number of aromatic amines is 1. The first-order valence-electron chi connectivity index (χ1n) is 9.28. The maximum atomic E-state index is 11.5. The normalized spacial score (nSPS) is 10.7. The van der Waals surface area contributed by atoms with E-state index in [1.165, 1.54) is 6.92 Å². The molecule has 0 spiro atoms. The molecule has 6 heteroatoms.